The average molecular weight is 567 g/mol. The molecule has 41 heavy (non-hydrogen) atoms. The third kappa shape index (κ3) is 7.09. The molecular weight excluding hydrogens is 520 g/mol. The van der Waals surface area contributed by atoms with E-state index in [-0.39, 0.29) is 29.8 Å². The fraction of sp³-hybridized carbons (Fsp3) is 0.613. The third-order valence-corrected chi connectivity index (χ3v) is 7.92. The van der Waals surface area contributed by atoms with Crippen molar-refractivity contribution >= 4 is 23.0 Å². The van der Waals surface area contributed by atoms with Gasteiger partial charge in [0.2, 0.25) is 0 Å². The summed E-state index contributed by atoms with van der Waals surface area (Å²) < 4.78 is 9.14. The number of para-hydroxylation sites is 2. The molecule has 0 saturated carbocycles. The number of imidazole rings is 1. The first-order valence-corrected chi connectivity index (χ1v) is 14.7. The monoisotopic (exact) mass is 566 g/mol. The van der Waals surface area contributed by atoms with E-state index in [0.717, 1.165) is 23.9 Å². The lowest BCUT2D eigenvalue weighted by molar-refractivity contribution is -0.0267. The molecule has 0 radical (unpaired) electrons. The van der Waals surface area contributed by atoms with Crippen molar-refractivity contribution in [2.45, 2.75) is 79.1 Å². The topological polar surface area (TPSA) is 106 Å². The normalized spacial score (nSPS) is 19.7. The number of carbonyl (C=O) groups is 2. The summed E-state index contributed by atoms with van der Waals surface area (Å²) >= 11 is 0. The molecule has 0 spiro atoms. The Labute approximate surface area is 243 Å². The highest BCUT2D eigenvalue weighted by molar-refractivity contribution is 5.95. The zero-order chi connectivity index (χ0) is 29.7. The van der Waals surface area contributed by atoms with Gasteiger partial charge in [0.05, 0.1) is 23.1 Å². The molecular formula is C31H46N6O4. The van der Waals surface area contributed by atoms with Crippen LogP contribution in [0.2, 0.25) is 0 Å². The van der Waals surface area contributed by atoms with Crippen molar-refractivity contribution in [3.05, 3.63) is 48.5 Å². The van der Waals surface area contributed by atoms with Gasteiger partial charge in [0.1, 0.15) is 0 Å². The molecule has 2 aromatic heterocycles. The number of hydrogen-bond donors (Lipinski definition) is 1. The number of amides is 2. The van der Waals surface area contributed by atoms with Crippen LogP contribution in [0.25, 0.3) is 11.0 Å². The molecule has 3 atom stereocenters. The molecule has 3 aromatic rings. The van der Waals surface area contributed by atoms with Crippen molar-refractivity contribution in [1.29, 1.82) is 0 Å². The summed E-state index contributed by atoms with van der Waals surface area (Å²) in [7, 11) is 1.70. The lowest BCUT2D eigenvalue weighted by Crippen LogP contribution is -2.65. The minimum absolute atomic E-state index is 0.00456. The highest BCUT2D eigenvalue weighted by Crippen LogP contribution is 2.38. The predicted octanol–water partition coefficient (Wildman–Crippen LogP) is 5.24. The van der Waals surface area contributed by atoms with Gasteiger partial charge in [-0.1, -0.05) is 46.8 Å². The van der Waals surface area contributed by atoms with Crippen LogP contribution in [0.15, 0.2) is 42.7 Å². The number of unbranched alkanes of at least 4 members (excludes halogenated alkanes) is 1. The van der Waals surface area contributed by atoms with Crippen molar-refractivity contribution in [3.8, 4) is 0 Å². The van der Waals surface area contributed by atoms with Gasteiger partial charge in [0.25, 0.3) is 5.91 Å². The molecule has 1 fully saturated rings. The highest BCUT2D eigenvalue weighted by Gasteiger charge is 2.48. The fourth-order valence-electron chi connectivity index (χ4n) is 6.36. The number of hydrogen-bond acceptors (Lipinski definition) is 5. The Morgan fingerprint density at radius 2 is 1.93 bits per heavy atom. The Balaban J connectivity index is 1.77. The molecule has 1 unspecified atom stereocenters. The van der Waals surface area contributed by atoms with E-state index in [1.807, 2.05) is 50.7 Å². The van der Waals surface area contributed by atoms with Crippen LogP contribution in [-0.2, 0) is 17.8 Å². The van der Waals surface area contributed by atoms with Gasteiger partial charge in [0.15, 0.2) is 5.82 Å². The molecule has 1 N–H and O–H groups in total. The number of carboxylic acid groups (broad SMARTS) is 1. The second-order valence-electron chi connectivity index (χ2n) is 12.8. The van der Waals surface area contributed by atoms with E-state index < -0.39 is 11.5 Å². The smallest absolute Gasteiger partial charge is 0.407 e. The number of nitrogens with zero attached hydrogens (tertiary/aromatic N) is 6. The van der Waals surface area contributed by atoms with Crippen molar-refractivity contribution in [1.82, 2.24) is 29.1 Å². The highest BCUT2D eigenvalue weighted by atomic mass is 16.5. The summed E-state index contributed by atoms with van der Waals surface area (Å²) in [6.07, 6.45) is 5.09. The van der Waals surface area contributed by atoms with E-state index in [9.17, 15) is 14.7 Å². The van der Waals surface area contributed by atoms with Crippen molar-refractivity contribution in [2.24, 2.45) is 17.3 Å². The maximum Gasteiger partial charge on any atom is 0.407 e. The number of fused-ring (bicyclic) bond motifs is 1. The molecule has 10 nitrogen and oxygen atoms in total. The van der Waals surface area contributed by atoms with Crippen LogP contribution in [0.5, 0.6) is 0 Å². The number of aromatic nitrogens is 4. The molecule has 2 amide bonds. The Kier molecular flexibility index (Phi) is 9.73. The van der Waals surface area contributed by atoms with Gasteiger partial charge in [-0.25, -0.2) is 9.78 Å². The number of carbonyl (C=O) groups excluding carboxylic acids is 1. The number of rotatable bonds is 11. The minimum Gasteiger partial charge on any atom is -0.465 e. The fourth-order valence-corrected chi connectivity index (χ4v) is 6.36. The zero-order valence-corrected chi connectivity index (χ0v) is 25.4. The Morgan fingerprint density at radius 3 is 2.56 bits per heavy atom. The first kappa shape index (κ1) is 30.6. The van der Waals surface area contributed by atoms with Gasteiger partial charge in [-0.3, -0.25) is 9.48 Å². The van der Waals surface area contributed by atoms with Gasteiger partial charge in [-0.15, -0.1) is 0 Å². The zero-order valence-electron chi connectivity index (χ0n) is 25.4. The molecule has 0 bridgehead atoms. The molecule has 3 heterocycles. The third-order valence-electron chi connectivity index (χ3n) is 7.92. The second-order valence-corrected chi connectivity index (χ2v) is 12.8. The van der Waals surface area contributed by atoms with E-state index >= 15 is 0 Å². The number of likely N-dealkylation sites (tertiary alicyclic amines) is 1. The van der Waals surface area contributed by atoms with Gasteiger partial charge < -0.3 is 24.2 Å². The molecule has 1 saturated heterocycles. The quantitative estimate of drug-likeness (QED) is 0.318. The lowest BCUT2D eigenvalue weighted by atomic mass is 9.74. The number of ether oxygens (including phenoxy) is 1. The standard InChI is InChI=1S/C31H46N6O4/c1-22(2)19-36(29(38)28-33-24-12-7-8-13-25(24)35(28)16-9-10-17-41-6)26-18-23(20-34-15-11-14-32-34)21-37(30(39)40)27(26)31(3,4)5/h7-8,11-15,22-23,26-27H,9-10,16-21H2,1-6H3,(H,39,40)/t23-,26-,27?/m0/s1. The minimum atomic E-state index is -0.956. The number of aryl methyl sites for hydroxylation is 1. The van der Waals surface area contributed by atoms with E-state index in [4.69, 9.17) is 9.72 Å². The summed E-state index contributed by atoms with van der Waals surface area (Å²) in [6.45, 7) is 13.2. The molecule has 4 rings (SSSR count). The van der Waals surface area contributed by atoms with Crippen LogP contribution in [-0.4, -0.2) is 85.1 Å². The van der Waals surface area contributed by atoms with Gasteiger partial charge in [0, 0.05) is 52.3 Å². The van der Waals surface area contributed by atoms with Crippen molar-refractivity contribution in [2.75, 3.05) is 26.8 Å². The lowest BCUT2D eigenvalue weighted by Gasteiger charge is -2.52. The van der Waals surface area contributed by atoms with Crippen LogP contribution in [0.4, 0.5) is 4.79 Å². The van der Waals surface area contributed by atoms with Crippen LogP contribution in [0.3, 0.4) is 0 Å². The first-order chi connectivity index (χ1) is 19.5. The number of benzene rings is 1. The average Bonchev–Trinajstić information content (AvgIpc) is 3.56. The first-order valence-electron chi connectivity index (χ1n) is 14.7. The van der Waals surface area contributed by atoms with Crippen molar-refractivity contribution < 1.29 is 19.4 Å². The molecule has 1 aliphatic rings. The summed E-state index contributed by atoms with van der Waals surface area (Å²) in [5, 5.41) is 14.8. The summed E-state index contributed by atoms with van der Waals surface area (Å²) in [5.41, 5.74) is 1.32. The molecule has 1 aliphatic heterocycles. The van der Waals surface area contributed by atoms with Crippen LogP contribution < -0.4 is 0 Å². The van der Waals surface area contributed by atoms with Crippen LogP contribution in [0, 0.1) is 17.3 Å². The van der Waals surface area contributed by atoms with E-state index in [2.05, 4.69) is 39.7 Å². The van der Waals surface area contributed by atoms with Crippen molar-refractivity contribution in [3.63, 3.8) is 0 Å². The summed E-state index contributed by atoms with van der Waals surface area (Å²) in [5.74, 6) is 0.452. The molecule has 1 aromatic carbocycles. The maximum absolute atomic E-state index is 14.7. The molecule has 224 valence electrons. The summed E-state index contributed by atoms with van der Waals surface area (Å²) in [6, 6.07) is 9.03. The number of piperidine rings is 1. The predicted molar refractivity (Wildman–Crippen MR) is 159 cm³/mol. The largest absolute Gasteiger partial charge is 0.465 e. The SMILES string of the molecule is COCCCCn1c(C(=O)N(CC(C)C)[C@H]2C[C@@H](Cn3cccn3)CN(C(=O)O)C2C(C)(C)C)nc2ccccc21. The van der Waals surface area contributed by atoms with Gasteiger partial charge in [-0.2, -0.15) is 5.10 Å². The molecule has 10 heteroatoms. The van der Waals surface area contributed by atoms with Gasteiger partial charge >= 0.3 is 6.09 Å². The Morgan fingerprint density at radius 1 is 1.17 bits per heavy atom. The van der Waals surface area contributed by atoms with Gasteiger partial charge in [-0.05, 0) is 54.7 Å². The summed E-state index contributed by atoms with van der Waals surface area (Å²) in [4.78, 5) is 35.7. The molecule has 0 aliphatic carbocycles. The van der Waals surface area contributed by atoms with E-state index in [0.29, 0.717) is 45.0 Å². The van der Waals surface area contributed by atoms with E-state index in [1.54, 1.807) is 18.2 Å². The maximum atomic E-state index is 14.7. The Bertz CT molecular complexity index is 1300. The Hall–Kier alpha value is -3.40. The van der Waals surface area contributed by atoms with Crippen LogP contribution >= 0.6 is 0 Å². The number of methoxy groups -OCH3 is 1. The van der Waals surface area contributed by atoms with Crippen LogP contribution in [0.1, 0.15) is 64.5 Å². The van der Waals surface area contributed by atoms with E-state index in [1.165, 1.54) is 0 Å². The second kappa shape index (κ2) is 13.1.